The molecule has 50 heavy (non-hydrogen) atoms. The van der Waals surface area contributed by atoms with Crippen LogP contribution in [0, 0.1) is 0 Å². The number of nitrogen functional groups attached to an aromatic ring is 1. The number of aromatic nitrogens is 1. The van der Waals surface area contributed by atoms with Crippen LogP contribution in [-0.4, -0.2) is 58.6 Å². The number of carbonyl (C=O) groups excluding carboxylic acids is 2. The lowest BCUT2D eigenvalue weighted by Gasteiger charge is -2.34. The zero-order chi connectivity index (χ0) is 34.5. The molecule has 3 aliphatic rings. The lowest BCUT2D eigenvalue weighted by Crippen LogP contribution is -2.44. The first-order chi connectivity index (χ1) is 24.3. The van der Waals surface area contributed by atoms with Crippen molar-refractivity contribution in [1.82, 2.24) is 9.88 Å². The third-order valence-electron chi connectivity index (χ3n) is 9.74. The van der Waals surface area contributed by atoms with Gasteiger partial charge in [0.25, 0.3) is 5.91 Å². The number of nitrogens with two attached hydrogens (primary N) is 1. The number of ether oxygens (including phenoxy) is 2. The molecule has 2 atom stereocenters. The molecular formula is C39H34ClN5O5. The van der Waals surface area contributed by atoms with Gasteiger partial charge in [0.2, 0.25) is 5.91 Å². The van der Waals surface area contributed by atoms with Gasteiger partial charge < -0.3 is 30.1 Å². The zero-order valence-corrected chi connectivity index (χ0v) is 28.1. The molecule has 8 rings (SSSR count). The molecule has 5 aromatic rings. The number of hydrogen-bond donors (Lipinski definition) is 2. The third kappa shape index (κ3) is 5.55. The lowest BCUT2D eigenvalue weighted by atomic mass is 9.94. The second kappa shape index (κ2) is 12.7. The van der Waals surface area contributed by atoms with E-state index in [9.17, 15) is 14.7 Å². The molecule has 3 aliphatic heterocycles. The van der Waals surface area contributed by atoms with Gasteiger partial charge in [-0.15, -0.1) is 11.6 Å². The fourth-order valence-corrected chi connectivity index (χ4v) is 7.61. The van der Waals surface area contributed by atoms with Gasteiger partial charge in [-0.25, -0.2) is 0 Å². The normalized spacial score (nSPS) is 17.5. The van der Waals surface area contributed by atoms with E-state index >= 15 is 0 Å². The minimum Gasteiger partial charge on any atom is -0.507 e. The Morgan fingerprint density at radius 2 is 1.76 bits per heavy atom. The topological polar surface area (TPSA) is 131 Å². The number of aromatic hydroxyl groups is 1. The van der Waals surface area contributed by atoms with Gasteiger partial charge in [0, 0.05) is 54.3 Å². The summed E-state index contributed by atoms with van der Waals surface area (Å²) in [5, 5.41) is 12.4. The molecule has 0 saturated carbocycles. The number of benzene rings is 4. The minimum absolute atomic E-state index is 0.0133. The Labute approximate surface area is 293 Å². The molecule has 0 spiro atoms. The number of methoxy groups -OCH3 is 1. The Morgan fingerprint density at radius 1 is 1.00 bits per heavy atom. The number of phenols is 1. The minimum atomic E-state index is -0.187. The van der Waals surface area contributed by atoms with Gasteiger partial charge in [0.1, 0.15) is 12.4 Å². The molecule has 0 unspecified atom stereocenters. The van der Waals surface area contributed by atoms with Crippen LogP contribution in [0.4, 0.5) is 17.1 Å². The van der Waals surface area contributed by atoms with E-state index in [0.29, 0.717) is 70.9 Å². The maximum absolute atomic E-state index is 13.8. The maximum Gasteiger partial charge on any atom is 0.257 e. The highest BCUT2D eigenvalue weighted by Gasteiger charge is 2.35. The van der Waals surface area contributed by atoms with E-state index in [0.717, 1.165) is 21.9 Å². The van der Waals surface area contributed by atoms with Gasteiger partial charge in [0.15, 0.2) is 11.5 Å². The van der Waals surface area contributed by atoms with Crippen LogP contribution < -0.4 is 20.1 Å². The number of carbonyl (C=O) groups is 2. The number of hydrogen-bond acceptors (Lipinski definition) is 8. The second-order valence-corrected chi connectivity index (χ2v) is 13.2. The summed E-state index contributed by atoms with van der Waals surface area (Å²) in [5.74, 6) is 0.852. The summed E-state index contributed by atoms with van der Waals surface area (Å²) in [7, 11) is 1.52. The Bertz CT molecular complexity index is 2220. The van der Waals surface area contributed by atoms with Gasteiger partial charge in [-0.05, 0) is 46.7 Å². The number of phenolic OH excluding ortho intramolecular Hbond substituents is 1. The van der Waals surface area contributed by atoms with Gasteiger partial charge >= 0.3 is 0 Å². The predicted molar refractivity (Wildman–Crippen MR) is 193 cm³/mol. The maximum atomic E-state index is 13.8. The van der Waals surface area contributed by atoms with Crippen molar-refractivity contribution in [2.24, 2.45) is 4.99 Å². The van der Waals surface area contributed by atoms with E-state index in [4.69, 9.17) is 36.8 Å². The Kier molecular flexibility index (Phi) is 8.03. The number of anilines is 2. The van der Waals surface area contributed by atoms with E-state index in [-0.39, 0.29) is 42.6 Å². The summed E-state index contributed by atoms with van der Waals surface area (Å²) in [6.45, 7) is 0.941. The van der Waals surface area contributed by atoms with Gasteiger partial charge in [-0.3, -0.25) is 19.6 Å². The predicted octanol–water partition coefficient (Wildman–Crippen LogP) is 6.30. The molecule has 0 radical (unpaired) electrons. The van der Waals surface area contributed by atoms with Gasteiger partial charge in [-0.1, -0.05) is 48.5 Å². The molecule has 0 bridgehead atoms. The van der Waals surface area contributed by atoms with E-state index in [1.54, 1.807) is 35.2 Å². The third-order valence-corrected chi connectivity index (χ3v) is 10.1. The number of nitrogens with zero attached hydrogens (tertiary/aromatic N) is 4. The molecule has 10 nitrogen and oxygen atoms in total. The van der Waals surface area contributed by atoms with Crippen molar-refractivity contribution in [3.63, 3.8) is 0 Å². The summed E-state index contributed by atoms with van der Waals surface area (Å²) in [6, 6.07) is 24.0. The number of aliphatic imine (C=N–C) groups is 1. The highest BCUT2D eigenvalue weighted by molar-refractivity contribution is 6.19. The monoisotopic (exact) mass is 687 g/mol. The summed E-state index contributed by atoms with van der Waals surface area (Å²) < 4.78 is 11.8. The summed E-state index contributed by atoms with van der Waals surface area (Å²) in [5.41, 5.74) is 12.6. The van der Waals surface area contributed by atoms with Crippen molar-refractivity contribution in [1.29, 1.82) is 0 Å². The van der Waals surface area contributed by atoms with Crippen molar-refractivity contribution in [3.05, 3.63) is 113 Å². The van der Waals surface area contributed by atoms with E-state index < -0.39 is 0 Å². The van der Waals surface area contributed by atoms with Crippen LogP contribution >= 0.6 is 11.6 Å². The average Bonchev–Trinajstić information content (AvgIpc) is 3.45. The fraction of sp³-hybridized carbons (Fsp3) is 0.231. The van der Waals surface area contributed by atoms with Crippen LogP contribution in [0.3, 0.4) is 0 Å². The molecule has 0 aliphatic carbocycles. The molecule has 0 saturated heterocycles. The highest BCUT2D eigenvalue weighted by atomic mass is 35.5. The number of amides is 2. The number of alkyl halides is 1. The molecule has 2 amide bonds. The number of fused-ring (bicyclic) bond motifs is 6. The molecule has 252 valence electrons. The van der Waals surface area contributed by atoms with Crippen molar-refractivity contribution in [2.75, 3.05) is 30.2 Å². The Morgan fingerprint density at radius 3 is 2.56 bits per heavy atom. The largest absolute Gasteiger partial charge is 0.507 e. The first-order valence-corrected chi connectivity index (χ1v) is 17.0. The first kappa shape index (κ1) is 31.6. The average molecular weight is 688 g/mol. The Balaban J connectivity index is 1.02. The van der Waals surface area contributed by atoms with Crippen LogP contribution in [0.25, 0.3) is 10.8 Å². The fourth-order valence-electron chi connectivity index (χ4n) is 7.35. The molecule has 4 heterocycles. The smallest absolute Gasteiger partial charge is 0.257 e. The quantitative estimate of drug-likeness (QED) is 0.192. The van der Waals surface area contributed by atoms with Crippen LogP contribution in [0.1, 0.15) is 44.4 Å². The van der Waals surface area contributed by atoms with Crippen LogP contribution in [0.5, 0.6) is 17.2 Å². The molecule has 1 aromatic heterocycles. The SMILES string of the molecule is COc1cc2c(cc1OCc1cc(N)cc(CC(=O)N3C[C@@H](CCl)c4c3cc(O)c3ccccc43)n1)N=C[C@@H]1Cc3ccccc3CN1C2=O. The molecule has 11 heteroatoms. The van der Waals surface area contributed by atoms with Crippen molar-refractivity contribution in [3.8, 4) is 17.2 Å². The van der Waals surface area contributed by atoms with Gasteiger partial charge in [-0.2, -0.15) is 0 Å². The molecule has 3 N–H and O–H groups in total. The first-order valence-electron chi connectivity index (χ1n) is 16.4. The standard InChI is InChI=1S/C39H34ClN5O5/c1-49-35-14-31-32(42-18-28-10-22-6-2-3-7-23(22)19-44(28)39(31)48)15-36(35)50-21-27-12-25(41)11-26(43-27)13-37(47)45-20-24(17-40)38-30-9-5-4-8-29(30)34(46)16-33(38)45/h2-9,11-12,14-16,18,24,28,46H,10,13,17,19-21H2,1H3,(H2,41,43)/t24-,28+/m1/s1. The van der Waals surface area contributed by atoms with E-state index in [2.05, 4.69) is 12.1 Å². The lowest BCUT2D eigenvalue weighted by molar-refractivity contribution is -0.118. The van der Waals surface area contributed by atoms with Crippen molar-refractivity contribution < 1.29 is 24.2 Å². The summed E-state index contributed by atoms with van der Waals surface area (Å²) in [4.78, 5) is 40.4. The van der Waals surface area contributed by atoms with E-state index in [1.807, 2.05) is 47.5 Å². The summed E-state index contributed by atoms with van der Waals surface area (Å²) >= 11 is 6.38. The molecule has 4 aromatic carbocycles. The molecular weight excluding hydrogens is 654 g/mol. The van der Waals surface area contributed by atoms with Gasteiger partial charge in [0.05, 0.1) is 47.9 Å². The number of pyridine rings is 1. The molecule has 0 fully saturated rings. The number of rotatable bonds is 7. The van der Waals surface area contributed by atoms with Crippen molar-refractivity contribution >= 4 is 57.5 Å². The van der Waals surface area contributed by atoms with Crippen LogP contribution in [-0.2, 0) is 30.8 Å². The summed E-state index contributed by atoms with van der Waals surface area (Å²) in [6.07, 6.45) is 2.51. The van der Waals surface area contributed by atoms with Crippen LogP contribution in [0.2, 0.25) is 0 Å². The second-order valence-electron chi connectivity index (χ2n) is 12.8. The highest BCUT2D eigenvalue weighted by Crippen LogP contribution is 2.45. The van der Waals surface area contributed by atoms with Crippen molar-refractivity contribution in [2.45, 2.75) is 38.0 Å². The van der Waals surface area contributed by atoms with E-state index in [1.165, 1.54) is 12.7 Å². The zero-order valence-electron chi connectivity index (χ0n) is 27.3. The number of halogens is 1. The Hall–Kier alpha value is -5.61. The van der Waals surface area contributed by atoms with Crippen LogP contribution in [0.15, 0.2) is 83.9 Å².